The molecule has 0 aliphatic heterocycles. The first-order chi connectivity index (χ1) is 10.5. The zero-order chi connectivity index (χ0) is 16.0. The highest BCUT2D eigenvalue weighted by molar-refractivity contribution is 5.98. The van der Waals surface area contributed by atoms with Crippen LogP contribution >= 0.6 is 0 Å². The molecular formula is C17H24N2O3. The van der Waals surface area contributed by atoms with Crippen LogP contribution in [0.1, 0.15) is 44.6 Å². The Morgan fingerprint density at radius 3 is 2.68 bits per heavy atom. The van der Waals surface area contributed by atoms with Gasteiger partial charge in [0.15, 0.2) is 0 Å². The predicted molar refractivity (Wildman–Crippen MR) is 85.4 cm³/mol. The SMILES string of the molecule is CCOC(=O)Cc1cccc(NC(=O)C2(N)CCCCC2)c1. The van der Waals surface area contributed by atoms with E-state index < -0.39 is 5.54 Å². The molecule has 1 fully saturated rings. The number of nitrogens with one attached hydrogen (secondary N) is 1. The van der Waals surface area contributed by atoms with Gasteiger partial charge in [0.05, 0.1) is 18.6 Å². The Labute approximate surface area is 131 Å². The van der Waals surface area contributed by atoms with Crippen molar-refractivity contribution in [2.24, 2.45) is 5.73 Å². The van der Waals surface area contributed by atoms with Crippen LogP contribution in [0.2, 0.25) is 0 Å². The third-order valence-electron chi connectivity index (χ3n) is 4.04. The Kier molecular flexibility index (Phi) is 5.55. The molecule has 2 rings (SSSR count). The summed E-state index contributed by atoms with van der Waals surface area (Å²) in [5, 5.41) is 2.88. The summed E-state index contributed by atoms with van der Waals surface area (Å²) in [5.41, 5.74) is 6.93. The Hall–Kier alpha value is -1.88. The molecule has 1 aromatic rings. The number of anilines is 1. The van der Waals surface area contributed by atoms with E-state index in [-0.39, 0.29) is 18.3 Å². The van der Waals surface area contributed by atoms with Crippen LogP contribution in [0.4, 0.5) is 5.69 Å². The van der Waals surface area contributed by atoms with Gasteiger partial charge in [-0.2, -0.15) is 0 Å². The molecule has 0 spiro atoms. The number of amides is 1. The van der Waals surface area contributed by atoms with Crippen LogP contribution in [0.3, 0.4) is 0 Å². The monoisotopic (exact) mass is 304 g/mol. The standard InChI is InChI=1S/C17H24N2O3/c1-2-22-15(20)12-13-7-6-8-14(11-13)19-16(21)17(18)9-4-3-5-10-17/h6-8,11H,2-5,9-10,12,18H2,1H3,(H,19,21). The topological polar surface area (TPSA) is 81.4 Å². The number of carbonyl (C=O) groups excluding carboxylic acids is 2. The lowest BCUT2D eigenvalue weighted by Gasteiger charge is -2.31. The maximum absolute atomic E-state index is 12.4. The summed E-state index contributed by atoms with van der Waals surface area (Å²) in [7, 11) is 0. The first-order valence-corrected chi connectivity index (χ1v) is 7.88. The molecule has 1 aliphatic carbocycles. The molecule has 0 bridgehead atoms. The van der Waals surface area contributed by atoms with Crippen LogP contribution in [0.5, 0.6) is 0 Å². The molecule has 120 valence electrons. The van der Waals surface area contributed by atoms with E-state index in [0.29, 0.717) is 12.3 Å². The van der Waals surface area contributed by atoms with Gasteiger partial charge >= 0.3 is 5.97 Å². The molecule has 1 amide bonds. The van der Waals surface area contributed by atoms with Gasteiger partial charge < -0.3 is 15.8 Å². The number of benzene rings is 1. The lowest BCUT2D eigenvalue weighted by molar-refractivity contribution is -0.142. The first kappa shape index (κ1) is 16.5. The second kappa shape index (κ2) is 7.40. The third kappa shape index (κ3) is 4.31. The van der Waals surface area contributed by atoms with Gasteiger partial charge in [0.25, 0.3) is 0 Å². The summed E-state index contributed by atoms with van der Waals surface area (Å²) in [6.45, 7) is 2.14. The van der Waals surface area contributed by atoms with Crippen LogP contribution in [0.25, 0.3) is 0 Å². The van der Waals surface area contributed by atoms with Gasteiger partial charge in [-0.05, 0) is 37.5 Å². The first-order valence-electron chi connectivity index (χ1n) is 7.88. The Balaban J connectivity index is 2.00. The maximum Gasteiger partial charge on any atom is 0.310 e. The molecule has 1 aromatic carbocycles. The van der Waals surface area contributed by atoms with Crippen molar-refractivity contribution in [1.29, 1.82) is 0 Å². The van der Waals surface area contributed by atoms with Gasteiger partial charge in [0.1, 0.15) is 0 Å². The highest BCUT2D eigenvalue weighted by atomic mass is 16.5. The minimum atomic E-state index is -0.768. The zero-order valence-corrected chi connectivity index (χ0v) is 13.1. The van der Waals surface area contributed by atoms with Crippen molar-refractivity contribution in [2.45, 2.75) is 51.0 Å². The van der Waals surface area contributed by atoms with Gasteiger partial charge in [0.2, 0.25) is 5.91 Å². The Morgan fingerprint density at radius 1 is 1.27 bits per heavy atom. The smallest absolute Gasteiger partial charge is 0.310 e. The molecule has 5 heteroatoms. The number of carbonyl (C=O) groups is 2. The number of ether oxygens (including phenoxy) is 1. The van der Waals surface area contributed by atoms with Gasteiger partial charge in [-0.25, -0.2) is 0 Å². The number of nitrogens with two attached hydrogens (primary N) is 1. The third-order valence-corrected chi connectivity index (χ3v) is 4.04. The second-order valence-electron chi connectivity index (χ2n) is 5.85. The summed E-state index contributed by atoms with van der Waals surface area (Å²) >= 11 is 0. The molecule has 0 unspecified atom stereocenters. The van der Waals surface area contributed by atoms with E-state index in [2.05, 4.69) is 5.32 Å². The fourth-order valence-corrected chi connectivity index (χ4v) is 2.80. The normalized spacial score (nSPS) is 16.8. The molecule has 0 radical (unpaired) electrons. The molecule has 1 aliphatic rings. The molecule has 0 atom stereocenters. The lowest BCUT2D eigenvalue weighted by Crippen LogP contribution is -2.52. The summed E-state index contributed by atoms with van der Waals surface area (Å²) < 4.78 is 4.93. The average Bonchev–Trinajstić information content (AvgIpc) is 2.48. The summed E-state index contributed by atoms with van der Waals surface area (Å²) in [5.74, 6) is -0.408. The van der Waals surface area contributed by atoms with Crippen molar-refractivity contribution in [3.63, 3.8) is 0 Å². The second-order valence-corrected chi connectivity index (χ2v) is 5.85. The van der Waals surface area contributed by atoms with E-state index in [1.807, 2.05) is 12.1 Å². The van der Waals surface area contributed by atoms with E-state index >= 15 is 0 Å². The fourth-order valence-electron chi connectivity index (χ4n) is 2.80. The molecule has 0 heterocycles. The van der Waals surface area contributed by atoms with Crippen molar-refractivity contribution in [2.75, 3.05) is 11.9 Å². The van der Waals surface area contributed by atoms with Crippen LogP contribution in [-0.4, -0.2) is 24.0 Å². The molecule has 5 nitrogen and oxygen atoms in total. The van der Waals surface area contributed by atoms with E-state index in [4.69, 9.17) is 10.5 Å². The summed E-state index contributed by atoms with van der Waals surface area (Å²) in [6.07, 6.45) is 4.77. The largest absolute Gasteiger partial charge is 0.466 e. The van der Waals surface area contributed by atoms with Crippen molar-refractivity contribution in [3.05, 3.63) is 29.8 Å². The summed E-state index contributed by atoms with van der Waals surface area (Å²) in [6, 6.07) is 7.25. The molecule has 3 N–H and O–H groups in total. The van der Waals surface area contributed by atoms with Crippen LogP contribution in [0, 0.1) is 0 Å². The van der Waals surface area contributed by atoms with Gasteiger partial charge in [-0.15, -0.1) is 0 Å². The highest BCUT2D eigenvalue weighted by Crippen LogP contribution is 2.27. The lowest BCUT2D eigenvalue weighted by atomic mass is 9.82. The van der Waals surface area contributed by atoms with E-state index in [1.165, 1.54) is 0 Å². The molecule has 1 saturated carbocycles. The average molecular weight is 304 g/mol. The maximum atomic E-state index is 12.4. The predicted octanol–water partition coefficient (Wildman–Crippen LogP) is 2.39. The Morgan fingerprint density at radius 2 is 2.00 bits per heavy atom. The Bertz CT molecular complexity index is 536. The van der Waals surface area contributed by atoms with Gasteiger partial charge in [-0.3, -0.25) is 9.59 Å². The van der Waals surface area contributed by atoms with Gasteiger partial charge in [0, 0.05) is 5.69 Å². The van der Waals surface area contributed by atoms with Gasteiger partial charge in [-0.1, -0.05) is 31.4 Å². The molecule has 0 saturated heterocycles. The van der Waals surface area contributed by atoms with Crippen molar-refractivity contribution >= 4 is 17.6 Å². The summed E-state index contributed by atoms with van der Waals surface area (Å²) in [4.78, 5) is 23.9. The quantitative estimate of drug-likeness (QED) is 0.818. The van der Waals surface area contributed by atoms with Crippen LogP contribution in [-0.2, 0) is 20.7 Å². The van der Waals surface area contributed by atoms with Crippen molar-refractivity contribution < 1.29 is 14.3 Å². The number of rotatable bonds is 5. The fraction of sp³-hybridized carbons (Fsp3) is 0.529. The van der Waals surface area contributed by atoms with E-state index in [1.54, 1.807) is 19.1 Å². The zero-order valence-electron chi connectivity index (χ0n) is 13.1. The molecule has 22 heavy (non-hydrogen) atoms. The van der Waals surface area contributed by atoms with Crippen molar-refractivity contribution in [3.8, 4) is 0 Å². The van der Waals surface area contributed by atoms with Crippen LogP contribution in [0.15, 0.2) is 24.3 Å². The van der Waals surface area contributed by atoms with Crippen molar-refractivity contribution in [1.82, 2.24) is 0 Å². The van der Waals surface area contributed by atoms with Crippen LogP contribution < -0.4 is 11.1 Å². The highest BCUT2D eigenvalue weighted by Gasteiger charge is 2.35. The minimum Gasteiger partial charge on any atom is -0.466 e. The minimum absolute atomic E-state index is 0.138. The molecular weight excluding hydrogens is 280 g/mol. The number of hydrogen-bond acceptors (Lipinski definition) is 4. The number of esters is 1. The molecule has 0 aromatic heterocycles. The van der Waals surface area contributed by atoms with E-state index in [0.717, 1.165) is 37.7 Å². The van der Waals surface area contributed by atoms with E-state index in [9.17, 15) is 9.59 Å². The number of hydrogen-bond donors (Lipinski definition) is 2.